The van der Waals surface area contributed by atoms with Crippen LogP contribution in [0.4, 0.5) is 22.7 Å². The van der Waals surface area contributed by atoms with Crippen LogP contribution in [0.2, 0.25) is 0 Å². The molecule has 422 valence electrons. The first-order valence-corrected chi connectivity index (χ1v) is 28.0. The van der Waals surface area contributed by atoms with Gasteiger partial charge in [-0.25, -0.2) is 0 Å². The monoisotopic (exact) mass is 1090 g/mol. The number of primary amides is 1. The van der Waals surface area contributed by atoms with Crippen molar-refractivity contribution in [3.05, 3.63) is 107 Å². The summed E-state index contributed by atoms with van der Waals surface area (Å²) in [6.07, 6.45) is 13.0. The number of nitrogens with two attached hydrogens (primary N) is 1. The number of carbonyl (C=O) groups is 5. The third-order valence-corrected chi connectivity index (χ3v) is 15.8. The van der Waals surface area contributed by atoms with Gasteiger partial charge in [-0.1, -0.05) is 57.9 Å². The van der Waals surface area contributed by atoms with Gasteiger partial charge in [0.25, 0.3) is 11.8 Å². The topological polar surface area (TPSA) is 210 Å². The molecule has 5 aliphatic heterocycles. The van der Waals surface area contributed by atoms with E-state index in [1.54, 1.807) is 60.4 Å². The molecule has 18 heteroatoms. The maximum atomic E-state index is 14.2. The van der Waals surface area contributed by atoms with E-state index in [-0.39, 0.29) is 35.7 Å². The van der Waals surface area contributed by atoms with Gasteiger partial charge >= 0.3 is 0 Å². The zero-order valence-electron chi connectivity index (χ0n) is 47.0. The van der Waals surface area contributed by atoms with Crippen molar-refractivity contribution in [2.24, 2.45) is 33.5 Å². The number of hydrogen-bond acceptors (Lipinski definition) is 13. The van der Waals surface area contributed by atoms with Crippen molar-refractivity contribution in [1.82, 2.24) is 20.0 Å². The third-order valence-electron chi connectivity index (χ3n) is 15.8. The summed E-state index contributed by atoms with van der Waals surface area (Å²) >= 11 is 0. The van der Waals surface area contributed by atoms with Gasteiger partial charge in [-0.05, 0) is 104 Å². The van der Waals surface area contributed by atoms with Crippen molar-refractivity contribution in [3.8, 4) is 23.0 Å². The van der Waals surface area contributed by atoms with Crippen LogP contribution in [0, 0.1) is 17.8 Å². The molecule has 0 aliphatic carbocycles. The minimum atomic E-state index is -0.886. The molecule has 1 unspecified atom stereocenters. The Morgan fingerprint density at radius 1 is 0.688 bits per heavy atom. The molecule has 1 fully saturated rings. The van der Waals surface area contributed by atoms with Crippen LogP contribution in [-0.4, -0.2) is 135 Å². The summed E-state index contributed by atoms with van der Waals surface area (Å²) in [5, 5.41) is 5.72. The molecule has 1 saturated heterocycles. The summed E-state index contributed by atoms with van der Waals surface area (Å²) in [4.78, 5) is 85.1. The number of ether oxygens (including phenoxy) is 4. The summed E-state index contributed by atoms with van der Waals surface area (Å²) in [6.45, 7) is 12.3. The van der Waals surface area contributed by atoms with Gasteiger partial charge in [0.05, 0.1) is 67.9 Å². The molecule has 4 aromatic carbocycles. The van der Waals surface area contributed by atoms with E-state index in [1.807, 2.05) is 57.6 Å². The Labute approximate surface area is 469 Å². The Bertz CT molecular complexity index is 3090. The van der Waals surface area contributed by atoms with Gasteiger partial charge in [-0.2, -0.15) is 0 Å². The van der Waals surface area contributed by atoms with Crippen LogP contribution < -0.4 is 40.2 Å². The number of piperazine rings is 1. The van der Waals surface area contributed by atoms with Crippen LogP contribution >= 0.6 is 0 Å². The molecule has 0 saturated carbocycles. The number of amides is 5. The summed E-state index contributed by atoms with van der Waals surface area (Å²) in [7, 11) is 5.26. The summed E-state index contributed by atoms with van der Waals surface area (Å²) in [6, 6.07) is 21.5. The molecule has 5 atom stereocenters. The molecule has 4 aromatic rings. The molecule has 5 amide bonds. The molecule has 9 rings (SSSR count). The average Bonchev–Trinajstić information content (AvgIpc) is 4.16. The number of hydrogen-bond donors (Lipinski definition) is 3. The van der Waals surface area contributed by atoms with Crippen molar-refractivity contribution in [1.29, 1.82) is 0 Å². The lowest BCUT2D eigenvalue weighted by Crippen LogP contribution is -2.48. The standard InChI is InChI=1S/C62H75N9O9/c1-8-9-16-48(58(63)72)57(38(2)3)60(74)66-39(4)59(73)67-44-15-13-14-41(27-44)43-29-47-35-65-52-33-56(54(78-7)31-50(52)62(76)71(47)37-43)80-26-12-10-11-25-79-55-32-51-49(30-53(55)77-6)61(75)70-36-42(28-46(70)34-64-51)40-17-19-45(20-18-40)69-23-21-68(5)22-24-69/h13-15,17-20,27,30-39,46-48,57H,8-12,16,21-26,28-29H2,1-7H3,(H2,63,72)(H,66,74)(H,67,73)/t39-,46-,47-,48?,57-/m0/s1. The van der Waals surface area contributed by atoms with Crippen molar-refractivity contribution < 1.29 is 42.9 Å². The second kappa shape index (κ2) is 25.4. The van der Waals surface area contributed by atoms with E-state index in [0.29, 0.717) is 83.7 Å². The fraction of sp³-hybridized carbons (Fsp3) is 0.435. The number of nitrogens with one attached hydrogen (secondary N) is 2. The number of rotatable bonds is 23. The molecule has 4 N–H and O–H groups in total. The molecule has 80 heavy (non-hydrogen) atoms. The number of anilines is 2. The summed E-state index contributed by atoms with van der Waals surface area (Å²) in [5.74, 6) is -1.26. The first-order valence-electron chi connectivity index (χ1n) is 28.0. The maximum absolute atomic E-state index is 14.2. The quantitative estimate of drug-likeness (QED) is 0.0597. The van der Waals surface area contributed by atoms with E-state index in [0.717, 1.165) is 80.6 Å². The van der Waals surface area contributed by atoms with Crippen molar-refractivity contribution in [2.75, 3.05) is 70.9 Å². The number of likely N-dealkylation sites (N-methyl/N-ethyl adjacent to an activating group) is 1. The lowest BCUT2D eigenvalue weighted by molar-refractivity contribution is -0.136. The molecule has 0 aromatic heterocycles. The van der Waals surface area contributed by atoms with Crippen molar-refractivity contribution in [2.45, 2.75) is 97.2 Å². The molecule has 5 heterocycles. The van der Waals surface area contributed by atoms with E-state index in [1.165, 1.54) is 12.8 Å². The van der Waals surface area contributed by atoms with E-state index in [4.69, 9.17) is 34.7 Å². The van der Waals surface area contributed by atoms with Gasteiger partial charge in [0.15, 0.2) is 23.0 Å². The van der Waals surface area contributed by atoms with Gasteiger partial charge in [0, 0.05) is 93.3 Å². The Balaban J connectivity index is 0.751. The third kappa shape index (κ3) is 12.7. The summed E-state index contributed by atoms with van der Waals surface area (Å²) < 4.78 is 23.9. The minimum absolute atomic E-state index is 0.133. The van der Waals surface area contributed by atoms with Crippen LogP contribution in [0.5, 0.6) is 23.0 Å². The number of nitrogens with zero attached hydrogens (tertiary/aromatic N) is 6. The highest BCUT2D eigenvalue weighted by Gasteiger charge is 2.37. The van der Waals surface area contributed by atoms with Gasteiger partial charge in [-0.15, -0.1) is 0 Å². The van der Waals surface area contributed by atoms with E-state index >= 15 is 0 Å². The molecule has 5 aliphatic rings. The van der Waals surface area contributed by atoms with Gasteiger partial charge < -0.3 is 54.9 Å². The Hall–Kier alpha value is -7.99. The fourth-order valence-corrected chi connectivity index (χ4v) is 11.1. The number of carbonyl (C=O) groups excluding carboxylic acids is 5. The van der Waals surface area contributed by atoms with Gasteiger partial charge in [0.2, 0.25) is 17.7 Å². The zero-order valence-corrected chi connectivity index (χ0v) is 47.0. The smallest absolute Gasteiger partial charge is 0.260 e. The number of fused-ring (bicyclic) bond motifs is 4. The maximum Gasteiger partial charge on any atom is 0.260 e. The van der Waals surface area contributed by atoms with E-state index in [9.17, 15) is 24.0 Å². The van der Waals surface area contributed by atoms with Crippen LogP contribution in [0.25, 0.3) is 11.1 Å². The number of aliphatic imine (C=N–C) groups is 2. The molecular formula is C62H75N9O9. The highest BCUT2D eigenvalue weighted by atomic mass is 16.5. The molecular weight excluding hydrogens is 1010 g/mol. The number of methoxy groups -OCH3 is 2. The highest BCUT2D eigenvalue weighted by Crippen LogP contribution is 2.42. The number of unbranched alkanes of at least 4 members (excludes halogenated alkanes) is 3. The number of benzene rings is 4. The second-order valence-electron chi connectivity index (χ2n) is 21.7. The van der Waals surface area contributed by atoms with E-state index in [2.05, 4.69) is 51.7 Å². The van der Waals surface area contributed by atoms with Crippen molar-refractivity contribution >= 4 is 75.9 Å². The molecule has 18 nitrogen and oxygen atoms in total. The van der Waals surface area contributed by atoms with Crippen LogP contribution in [0.1, 0.15) is 111 Å². The molecule has 0 bridgehead atoms. The molecule has 0 spiro atoms. The largest absolute Gasteiger partial charge is 0.493 e. The van der Waals surface area contributed by atoms with Crippen LogP contribution in [0.15, 0.2) is 95.2 Å². The Morgan fingerprint density at radius 3 is 1.77 bits per heavy atom. The first kappa shape index (κ1) is 56.7. The predicted octanol–water partition coefficient (Wildman–Crippen LogP) is 9.03. The fourth-order valence-electron chi connectivity index (χ4n) is 11.1. The average molecular weight is 1090 g/mol. The van der Waals surface area contributed by atoms with Crippen LogP contribution in [-0.2, 0) is 14.4 Å². The highest BCUT2D eigenvalue weighted by molar-refractivity contribution is 6.07. The normalized spacial score (nSPS) is 18.7. The van der Waals surface area contributed by atoms with Crippen molar-refractivity contribution in [3.63, 3.8) is 0 Å². The lowest BCUT2D eigenvalue weighted by Gasteiger charge is -2.34. The first-order chi connectivity index (χ1) is 38.6. The second-order valence-corrected chi connectivity index (χ2v) is 21.7. The SMILES string of the molecule is CCCCC(C(N)=O)[C@@H](C(=O)N[C@@H](C)C(=O)Nc1cccc(C2=CN3C(=O)c4cc(OC)c(OCCCCCOc5cc6c(cc5OC)C(=O)N5C=C(c7ccc(N8CCN(C)CC8)cc7)C[C@H]5C=N6)cc4N=C[C@@H]3C2)c1)C(C)C. The van der Waals surface area contributed by atoms with Crippen LogP contribution in [0.3, 0.4) is 0 Å². The van der Waals surface area contributed by atoms with Gasteiger partial charge in [0.1, 0.15) is 6.04 Å². The predicted molar refractivity (Wildman–Crippen MR) is 312 cm³/mol. The zero-order chi connectivity index (χ0) is 56.6. The minimum Gasteiger partial charge on any atom is -0.493 e. The Morgan fingerprint density at radius 2 is 1.25 bits per heavy atom. The van der Waals surface area contributed by atoms with E-state index < -0.39 is 29.7 Å². The Kier molecular flexibility index (Phi) is 18.0. The molecule has 0 radical (unpaired) electrons. The lowest BCUT2D eigenvalue weighted by atomic mass is 9.79. The summed E-state index contributed by atoms with van der Waals surface area (Å²) in [5.41, 5.74) is 13.2. The van der Waals surface area contributed by atoms with Gasteiger partial charge in [-0.3, -0.25) is 34.0 Å².